The van der Waals surface area contributed by atoms with Crippen molar-refractivity contribution in [3.05, 3.63) is 150 Å². The first-order valence-electron chi connectivity index (χ1n) is 14.8. The van der Waals surface area contributed by atoms with Crippen LogP contribution in [0.4, 0.5) is 34.1 Å². The van der Waals surface area contributed by atoms with Crippen molar-refractivity contribution >= 4 is 67.8 Å². The Bertz CT molecular complexity index is 2040. The van der Waals surface area contributed by atoms with Gasteiger partial charge in [0.05, 0.1) is 32.9 Å². The van der Waals surface area contributed by atoms with Crippen LogP contribution < -0.4 is 9.80 Å². The smallest absolute Gasteiger partial charge is 0.227 e. The van der Waals surface area contributed by atoms with Gasteiger partial charge in [0.15, 0.2) is 0 Å². The van der Waals surface area contributed by atoms with Gasteiger partial charge in [0, 0.05) is 26.9 Å². The van der Waals surface area contributed by atoms with Crippen LogP contribution in [-0.4, -0.2) is 4.98 Å². The van der Waals surface area contributed by atoms with Crippen LogP contribution in [0.5, 0.6) is 0 Å². The Hall–Kier alpha value is -5.06. The number of anilines is 6. The van der Waals surface area contributed by atoms with Gasteiger partial charge in [0.2, 0.25) is 5.71 Å². The third-order valence-corrected chi connectivity index (χ3v) is 7.45. The molecule has 0 N–H and O–H groups in total. The zero-order valence-corrected chi connectivity index (χ0v) is 22.7. The third kappa shape index (κ3) is 4.48. The van der Waals surface area contributed by atoms with Crippen LogP contribution in [0.25, 0.3) is 22.1 Å². The summed E-state index contributed by atoms with van der Waals surface area (Å²) in [5.41, 5.74) is 6.10. The molecular formula is C36H26ClN3O. The molecule has 5 aromatic carbocycles. The number of rotatable bonds is 6. The molecule has 0 unspecified atom stereocenters. The van der Waals surface area contributed by atoms with Gasteiger partial charge in [-0.05, 0) is 79.6 Å². The molecule has 0 bridgehead atoms. The number of fused-ring (bicyclic) bond motifs is 3. The average Bonchev–Trinajstić information content (AvgIpc) is 3.43. The van der Waals surface area contributed by atoms with Crippen molar-refractivity contribution in [2.75, 3.05) is 9.80 Å². The van der Waals surface area contributed by atoms with Gasteiger partial charge >= 0.3 is 0 Å². The van der Waals surface area contributed by atoms with Crippen molar-refractivity contribution in [3.8, 4) is 0 Å². The molecule has 5 heteroatoms. The average molecular weight is 555 g/mol. The van der Waals surface area contributed by atoms with Crippen LogP contribution in [0.2, 0.25) is 5.02 Å². The molecule has 4 nitrogen and oxygen atoms in total. The number of hydrogen-bond acceptors (Lipinski definition) is 4. The summed E-state index contributed by atoms with van der Waals surface area (Å²) in [5.74, 6) is 0. The maximum absolute atomic E-state index is 7.82. The molecule has 0 atom stereocenters. The van der Waals surface area contributed by atoms with E-state index in [9.17, 15) is 0 Å². The summed E-state index contributed by atoms with van der Waals surface area (Å²) in [5, 5.41) is 2.07. The highest BCUT2D eigenvalue weighted by atomic mass is 35.5. The van der Waals surface area contributed by atoms with E-state index in [4.69, 9.17) is 20.1 Å². The summed E-state index contributed by atoms with van der Waals surface area (Å²) in [6.45, 7) is -2.34. The summed E-state index contributed by atoms with van der Waals surface area (Å²) in [6.07, 6.45) is 0. The van der Waals surface area contributed by atoms with Gasteiger partial charge in [-0.2, -0.15) is 0 Å². The lowest BCUT2D eigenvalue weighted by Crippen LogP contribution is -2.14. The largest absolute Gasteiger partial charge is 0.438 e. The quantitative estimate of drug-likeness (QED) is 0.204. The Kier molecular flexibility index (Phi) is 5.56. The van der Waals surface area contributed by atoms with Gasteiger partial charge in [0.1, 0.15) is 5.58 Å². The minimum Gasteiger partial charge on any atom is -0.438 e. The molecule has 2 heterocycles. The van der Waals surface area contributed by atoms with E-state index in [1.165, 1.54) is 0 Å². The maximum Gasteiger partial charge on any atom is 0.227 e. The Balaban J connectivity index is 1.47. The molecule has 198 valence electrons. The van der Waals surface area contributed by atoms with Crippen LogP contribution in [0.1, 0.15) is 9.81 Å². The number of aromatic nitrogens is 1. The van der Waals surface area contributed by atoms with Gasteiger partial charge < -0.3 is 14.2 Å². The van der Waals surface area contributed by atoms with E-state index in [-0.39, 0.29) is 11.4 Å². The fourth-order valence-corrected chi connectivity index (χ4v) is 5.59. The Morgan fingerprint density at radius 3 is 1.73 bits per heavy atom. The van der Waals surface area contributed by atoms with Crippen LogP contribution in [-0.2, 0) is 0 Å². The van der Waals surface area contributed by atoms with Crippen LogP contribution in [0, 0.1) is 6.85 Å². The SMILES string of the molecule is [2H]C([2H])([2H])c1ccc2c(n1)oc1cccc(N(c3ccccc3)c3cccc(N(c4ccccc4)c4ccccc4)c3Cl)c12. The summed E-state index contributed by atoms with van der Waals surface area (Å²) in [7, 11) is 0. The van der Waals surface area contributed by atoms with Crippen molar-refractivity contribution in [2.45, 2.75) is 6.85 Å². The van der Waals surface area contributed by atoms with E-state index in [1.807, 2.05) is 103 Å². The van der Waals surface area contributed by atoms with Gasteiger partial charge in [-0.15, -0.1) is 0 Å². The van der Waals surface area contributed by atoms with E-state index in [0.29, 0.717) is 16.0 Å². The topological polar surface area (TPSA) is 32.5 Å². The highest BCUT2D eigenvalue weighted by molar-refractivity contribution is 6.37. The molecule has 0 fully saturated rings. The van der Waals surface area contributed by atoms with E-state index in [1.54, 1.807) is 12.1 Å². The monoisotopic (exact) mass is 554 g/mol. The zero-order chi connectivity index (χ0) is 30.3. The second kappa shape index (κ2) is 10.5. The van der Waals surface area contributed by atoms with Gasteiger partial charge in [-0.1, -0.05) is 78.3 Å². The summed E-state index contributed by atoms with van der Waals surface area (Å²) < 4.78 is 29.6. The minimum atomic E-state index is -2.34. The van der Waals surface area contributed by atoms with Crippen molar-refractivity contribution in [1.29, 1.82) is 0 Å². The number of halogens is 1. The molecule has 0 amide bonds. The number of nitrogens with zero attached hydrogens (tertiary/aromatic N) is 3. The predicted octanol–water partition coefficient (Wildman–Crippen LogP) is 10.9. The lowest BCUT2D eigenvalue weighted by molar-refractivity contribution is 0.652. The summed E-state index contributed by atoms with van der Waals surface area (Å²) >= 11 is 7.43. The molecule has 41 heavy (non-hydrogen) atoms. The van der Waals surface area contributed by atoms with Crippen LogP contribution in [0.3, 0.4) is 0 Å². The normalized spacial score (nSPS) is 12.6. The number of benzene rings is 5. The van der Waals surface area contributed by atoms with Crippen LogP contribution in [0.15, 0.2) is 144 Å². The highest BCUT2D eigenvalue weighted by Gasteiger charge is 2.24. The van der Waals surface area contributed by atoms with E-state index in [2.05, 4.69) is 39.0 Å². The number of para-hydroxylation sites is 3. The molecular weight excluding hydrogens is 526 g/mol. The molecule has 7 rings (SSSR count). The molecule has 7 aromatic rings. The number of hydrogen-bond donors (Lipinski definition) is 0. The molecule has 0 aliphatic heterocycles. The van der Waals surface area contributed by atoms with Gasteiger partial charge in [0.25, 0.3) is 0 Å². The first-order valence-corrected chi connectivity index (χ1v) is 13.6. The Morgan fingerprint density at radius 2 is 1.12 bits per heavy atom. The fraction of sp³-hybridized carbons (Fsp3) is 0.0278. The number of aryl methyl sites for hydroxylation is 1. The zero-order valence-electron chi connectivity index (χ0n) is 24.9. The lowest BCUT2D eigenvalue weighted by Gasteiger charge is -2.31. The second-order valence-electron chi connectivity index (χ2n) is 9.59. The summed E-state index contributed by atoms with van der Waals surface area (Å²) in [6, 6.07) is 45.4. The predicted molar refractivity (Wildman–Crippen MR) is 171 cm³/mol. The number of furan rings is 1. The standard InChI is InChI=1S/C36H26ClN3O/c1-25-23-24-29-34-30(19-12-22-33(34)41-36(29)38-25)40(28-17-9-4-10-18-28)32-21-11-20-31(35(32)37)39(26-13-5-2-6-14-26)27-15-7-3-8-16-27/h2-24H,1H3/i1D3. The van der Waals surface area contributed by atoms with Crippen molar-refractivity contribution < 1.29 is 8.53 Å². The lowest BCUT2D eigenvalue weighted by atomic mass is 10.1. The highest BCUT2D eigenvalue weighted by Crippen LogP contribution is 2.48. The maximum atomic E-state index is 7.82. The van der Waals surface area contributed by atoms with E-state index < -0.39 is 6.85 Å². The molecule has 0 saturated heterocycles. The van der Waals surface area contributed by atoms with Crippen LogP contribution >= 0.6 is 11.6 Å². The molecule has 2 aromatic heterocycles. The minimum absolute atomic E-state index is 0.0109. The van der Waals surface area contributed by atoms with Crippen molar-refractivity contribution in [3.63, 3.8) is 0 Å². The number of pyridine rings is 1. The van der Waals surface area contributed by atoms with E-state index >= 15 is 0 Å². The van der Waals surface area contributed by atoms with Gasteiger partial charge in [-0.25, -0.2) is 4.98 Å². The summed E-state index contributed by atoms with van der Waals surface area (Å²) in [4.78, 5) is 8.62. The fourth-order valence-electron chi connectivity index (χ4n) is 5.29. The molecule has 0 spiro atoms. The Labute approximate surface area is 247 Å². The van der Waals surface area contributed by atoms with Crippen molar-refractivity contribution in [1.82, 2.24) is 4.98 Å². The first-order chi connectivity index (χ1) is 21.4. The molecule has 0 aliphatic rings. The van der Waals surface area contributed by atoms with E-state index in [0.717, 1.165) is 39.5 Å². The Morgan fingerprint density at radius 1 is 0.585 bits per heavy atom. The molecule has 0 radical (unpaired) electrons. The van der Waals surface area contributed by atoms with Gasteiger partial charge in [-0.3, -0.25) is 0 Å². The molecule has 0 saturated carbocycles. The third-order valence-electron chi connectivity index (χ3n) is 7.06. The molecule has 0 aliphatic carbocycles. The van der Waals surface area contributed by atoms with Crippen molar-refractivity contribution in [2.24, 2.45) is 0 Å². The second-order valence-corrected chi connectivity index (χ2v) is 9.97. The first kappa shape index (κ1) is 21.7.